The van der Waals surface area contributed by atoms with E-state index in [-0.39, 0.29) is 11.7 Å². The maximum absolute atomic E-state index is 13.0. The molecule has 34 heavy (non-hydrogen) atoms. The van der Waals surface area contributed by atoms with Crippen LogP contribution < -0.4 is 5.32 Å². The Bertz CT molecular complexity index is 1290. The van der Waals surface area contributed by atoms with E-state index in [1.54, 1.807) is 42.1 Å². The van der Waals surface area contributed by atoms with Crippen LogP contribution in [0.4, 0.5) is 4.39 Å². The molecule has 5 nitrogen and oxygen atoms in total. The van der Waals surface area contributed by atoms with Crippen molar-refractivity contribution in [3.8, 4) is 11.4 Å². The van der Waals surface area contributed by atoms with Gasteiger partial charge in [0, 0.05) is 30.0 Å². The lowest BCUT2D eigenvalue weighted by Gasteiger charge is -2.09. The minimum absolute atomic E-state index is 0.182. The first kappa shape index (κ1) is 23.7. The molecule has 0 aliphatic rings. The van der Waals surface area contributed by atoms with E-state index >= 15 is 0 Å². The molecule has 1 aromatic heterocycles. The number of carbonyl (C=O) groups is 1. The molecular weight excluding hydrogens is 471 g/mol. The van der Waals surface area contributed by atoms with Crippen LogP contribution in [0.1, 0.15) is 21.5 Å². The second-order valence-electron chi connectivity index (χ2n) is 7.48. The minimum Gasteiger partial charge on any atom is -0.348 e. The van der Waals surface area contributed by atoms with Crippen molar-refractivity contribution in [3.05, 3.63) is 113 Å². The fourth-order valence-corrected chi connectivity index (χ4v) is 4.44. The average Bonchev–Trinajstić information content (AvgIpc) is 3.25. The van der Waals surface area contributed by atoms with Crippen LogP contribution in [0.2, 0.25) is 5.02 Å². The molecule has 0 saturated heterocycles. The lowest BCUT2D eigenvalue weighted by molar-refractivity contribution is 0.0951. The lowest BCUT2D eigenvalue weighted by atomic mass is 10.1. The highest BCUT2D eigenvalue weighted by Gasteiger charge is 2.16. The van der Waals surface area contributed by atoms with E-state index in [4.69, 9.17) is 11.6 Å². The van der Waals surface area contributed by atoms with Crippen molar-refractivity contribution < 1.29 is 9.18 Å². The summed E-state index contributed by atoms with van der Waals surface area (Å²) < 4.78 is 15.0. The number of hydrogen-bond acceptors (Lipinski definition) is 4. The second-order valence-corrected chi connectivity index (χ2v) is 8.83. The van der Waals surface area contributed by atoms with Crippen molar-refractivity contribution in [2.75, 3.05) is 0 Å². The number of carbonyl (C=O) groups excluding carboxylic acids is 1. The molecule has 3 aromatic carbocycles. The quantitative estimate of drug-likeness (QED) is 0.225. The Morgan fingerprint density at radius 1 is 1.03 bits per heavy atom. The highest BCUT2D eigenvalue weighted by Crippen LogP contribution is 2.30. The van der Waals surface area contributed by atoms with Crippen molar-refractivity contribution in [1.29, 1.82) is 0 Å². The summed E-state index contributed by atoms with van der Waals surface area (Å²) in [5.41, 5.74) is 3.27. The number of allylic oxidation sites excluding steroid dienone is 1. The molecule has 0 fully saturated rings. The van der Waals surface area contributed by atoms with Crippen LogP contribution >= 0.6 is 23.4 Å². The summed E-state index contributed by atoms with van der Waals surface area (Å²) in [5.74, 6) is 0.876. The first-order valence-corrected chi connectivity index (χ1v) is 11.9. The zero-order valence-electron chi connectivity index (χ0n) is 18.2. The number of nitrogens with one attached hydrogen (secondary N) is 1. The Labute approximate surface area is 206 Å². The van der Waals surface area contributed by atoms with Gasteiger partial charge in [0.2, 0.25) is 0 Å². The molecule has 172 valence electrons. The monoisotopic (exact) mass is 492 g/mol. The zero-order valence-corrected chi connectivity index (χ0v) is 19.8. The molecule has 0 aliphatic carbocycles. The molecule has 0 unspecified atom stereocenters. The number of hydrogen-bond donors (Lipinski definition) is 1. The van der Waals surface area contributed by atoms with Gasteiger partial charge in [0.05, 0.1) is 5.02 Å². The molecule has 0 aliphatic heterocycles. The number of amides is 1. The summed E-state index contributed by atoms with van der Waals surface area (Å²) in [6.07, 6.45) is 1.80. The van der Waals surface area contributed by atoms with E-state index in [1.807, 2.05) is 41.0 Å². The number of benzene rings is 3. The minimum atomic E-state index is -0.300. The summed E-state index contributed by atoms with van der Waals surface area (Å²) in [6, 6.07) is 21.0. The van der Waals surface area contributed by atoms with Crippen molar-refractivity contribution in [1.82, 2.24) is 20.1 Å². The van der Waals surface area contributed by atoms with E-state index in [2.05, 4.69) is 22.1 Å². The summed E-state index contributed by atoms with van der Waals surface area (Å²) >= 11 is 7.91. The molecule has 0 atom stereocenters. The molecule has 1 amide bonds. The Balaban J connectivity index is 1.39. The molecular formula is C26H22ClFN4OS. The first-order chi connectivity index (χ1) is 16.5. The van der Waals surface area contributed by atoms with E-state index < -0.39 is 0 Å². The summed E-state index contributed by atoms with van der Waals surface area (Å²) in [5, 5.41) is 12.9. The zero-order chi connectivity index (χ0) is 23.9. The molecule has 0 saturated carbocycles. The van der Waals surface area contributed by atoms with Crippen molar-refractivity contribution >= 4 is 29.3 Å². The average molecular weight is 493 g/mol. The van der Waals surface area contributed by atoms with E-state index in [0.717, 1.165) is 21.8 Å². The van der Waals surface area contributed by atoms with Crippen molar-refractivity contribution in [3.63, 3.8) is 0 Å². The van der Waals surface area contributed by atoms with Crippen LogP contribution in [0.25, 0.3) is 11.4 Å². The number of aromatic nitrogens is 3. The van der Waals surface area contributed by atoms with Gasteiger partial charge in [0.25, 0.3) is 5.91 Å². The molecule has 1 heterocycles. The molecule has 4 rings (SSSR count). The molecule has 4 aromatic rings. The van der Waals surface area contributed by atoms with Gasteiger partial charge in [-0.25, -0.2) is 4.39 Å². The third kappa shape index (κ3) is 5.73. The van der Waals surface area contributed by atoms with Crippen LogP contribution in [-0.2, 0) is 18.8 Å². The fourth-order valence-electron chi connectivity index (χ4n) is 3.32. The molecule has 0 bridgehead atoms. The van der Waals surface area contributed by atoms with Crippen molar-refractivity contribution in [2.24, 2.45) is 0 Å². The third-order valence-electron chi connectivity index (χ3n) is 5.09. The molecule has 1 N–H and O–H groups in total. The Morgan fingerprint density at radius 3 is 2.44 bits per heavy atom. The van der Waals surface area contributed by atoms with Gasteiger partial charge in [0.1, 0.15) is 5.82 Å². The fraction of sp³-hybridized carbons (Fsp3) is 0.115. The van der Waals surface area contributed by atoms with Gasteiger partial charge >= 0.3 is 0 Å². The van der Waals surface area contributed by atoms with Gasteiger partial charge in [-0.2, -0.15) is 0 Å². The largest absolute Gasteiger partial charge is 0.348 e. The summed E-state index contributed by atoms with van der Waals surface area (Å²) in [4.78, 5) is 12.4. The molecule has 8 heteroatoms. The number of halogens is 2. The molecule has 0 spiro atoms. The standard InChI is InChI=1S/C26H22ClFN4OS/c1-2-15-32-24(22-5-3-4-6-23(22)27)30-31-26(32)34-17-19-7-11-20(12-8-19)25(33)29-16-18-9-13-21(28)14-10-18/h2-14H,1,15-17H2,(H,29,33). The third-order valence-corrected chi connectivity index (χ3v) is 6.46. The van der Waals surface area contributed by atoms with E-state index in [0.29, 0.717) is 35.3 Å². The van der Waals surface area contributed by atoms with Crippen molar-refractivity contribution in [2.45, 2.75) is 24.0 Å². The maximum atomic E-state index is 13.0. The van der Waals surface area contributed by atoms with Gasteiger partial charge in [0.15, 0.2) is 11.0 Å². The van der Waals surface area contributed by atoms with Gasteiger partial charge in [-0.05, 0) is 47.5 Å². The van der Waals surface area contributed by atoms with Crippen LogP contribution in [-0.4, -0.2) is 20.7 Å². The predicted octanol–water partition coefficient (Wildman–Crippen LogP) is 6.15. The smallest absolute Gasteiger partial charge is 0.251 e. The maximum Gasteiger partial charge on any atom is 0.251 e. The Hall–Kier alpha value is -3.42. The second kappa shape index (κ2) is 11.1. The highest BCUT2D eigenvalue weighted by atomic mass is 35.5. The first-order valence-electron chi connectivity index (χ1n) is 10.6. The van der Waals surface area contributed by atoms with Crippen LogP contribution in [0.15, 0.2) is 90.6 Å². The Morgan fingerprint density at radius 2 is 1.74 bits per heavy atom. The SMILES string of the molecule is C=CCn1c(SCc2ccc(C(=O)NCc3ccc(F)cc3)cc2)nnc1-c1ccccc1Cl. The predicted molar refractivity (Wildman–Crippen MR) is 134 cm³/mol. The summed E-state index contributed by atoms with van der Waals surface area (Å²) in [6.45, 7) is 4.74. The lowest BCUT2D eigenvalue weighted by Crippen LogP contribution is -2.22. The van der Waals surface area contributed by atoms with Gasteiger partial charge in [-0.3, -0.25) is 9.36 Å². The van der Waals surface area contributed by atoms with Gasteiger partial charge in [-0.1, -0.05) is 65.8 Å². The number of rotatable bonds is 9. The van der Waals surface area contributed by atoms with Gasteiger partial charge in [-0.15, -0.1) is 16.8 Å². The molecule has 0 radical (unpaired) electrons. The number of nitrogens with zero attached hydrogens (tertiary/aromatic N) is 3. The Kier molecular flexibility index (Phi) is 7.77. The summed E-state index contributed by atoms with van der Waals surface area (Å²) in [7, 11) is 0. The number of thioether (sulfide) groups is 1. The van der Waals surface area contributed by atoms with E-state index in [1.165, 1.54) is 12.1 Å². The topological polar surface area (TPSA) is 59.8 Å². The van der Waals surface area contributed by atoms with E-state index in [9.17, 15) is 9.18 Å². The van der Waals surface area contributed by atoms with Crippen LogP contribution in [0.5, 0.6) is 0 Å². The van der Waals surface area contributed by atoms with Crippen LogP contribution in [0.3, 0.4) is 0 Å². The normalized spacial score (nSPS) is 10.8. The van der Waals surface area contributed by atoms with Gasteiger partial charge < -0.3 is 5.32 Å². The van der Waals surface area contributed by atoms with Crippen LogP contribution in [0, 0.1) is 5.82 Å². The highest BCUT2D eigenvalue weighted by molar-refractivity contribution is 7.98.